The smallest absolute Gasteiger partial charge is 0.191 e. The molecule has 1 aliphatic heterocycles. The minimum atomic E-state index is 0. The van der Waals surface area contributed by atoms with Crippen LogP contribution >= 0.6 is 24.0 Å². The molecule has 32 heavy (non-hydrogen) atoms. The summed E-state index contributed by atoms with van der Waals surface area (Å²) in [5.41, 5.74) is 2.48. The summed E-state index contributed by atoms with van der Waals surface area (Å²) in [6.45, 7) is 3.81. The van der Waals surface area contributed by atoms with Crippen molar-refractivity contribution < 1.29 is 4.74 Å². The second kappa shape index (κ2) is 13.0. The molecule has 0 bridgehead atoms. The van der Waals surface area contributed by atoms with Gasteiger partial charge in [0.25, 0.3) is 0 Å². The Morgan fingerprint density at radius 2 is 1.78 bits per heavy atom. The normalized spacial score (nSPS) is 16.5. The van der Waals surface area contributed by atoms with E-state index in [9.17, 15) is 0 Å². The highest BCUT2D eigenvalue weighted by Crippen LogP contribution is 2.26. The standard InChI is InChI=1S/C23H37N7O.HI/c1-24-23(25-15-21(28(2)3)19-14-27-29(4)17-19)26-16-22(30-12-6-7-13-30)18-8-10-20(31-5)11-9-18;/h8-11,14,17,21-22H,6-7,12-13,15-16H2,1-5H3,(H2,24,25,26);1H. The van der Waals surface area contributed by atoms with Crippen molar-refractivity contribution in [2.24, 2.45) is 12.0 Å². The van der Waals surface area contributed by atoms with Crippen LogP contribution in [0, 0.1) is 0 Å². The summed E-state index contributed by atoms with van der Waals surface area (Å²) in [6, 6.07) is 8.94. The van der Waals surface area contributed by atoms with Gasteiger partial charge in [-0.1, -0.05) is 12.1 Å². The SMILES string of the molecule is CN=C(NCC(c1cnn(C)c1)N(C)C)NCC(c1ccc(OC)cc1)N1CCCC1.I. The molecule has 3 rings (SSSR count). The van der Waals surface area contributed by atoms with Crippen molar-refractivity contribution in [3.63, 3.8) is 0 Å². The van der Waals surface area contributed by atoms with Gasteiger partial charge in [-0.3, -0.25) is 14.6 Å². The lowest BCUT2D eigenvalue weighted by Crippen LogP contribution is -2.45. The van der Waals surface area contributed by atoms with Gasteiger partial charge in [-0.2, -0.15) is 5.10 Å². The van der Waals surface area contributed by atoms with Gasteiger partial charge in [-0.05, 0) is 57.7 Å². The highest BCUT2D eigenvalue weighted by molar-refractivity contribution is 14.0. The Balaban J connectivity index is 0.00000363. The van der Waals surface area contributed by atoms with Crippen LogP contribution in [0.4, 0.5) is 0 Å². The van der Waals surface area contributed by atoms with E-state index in [1.165, 1.54) is 24.0 Å². The van der Waals surface area contributed by atoms with E-state index >= 15 is 0 Å². The zero-order chi connectivity index (χ0) is 22.2. The number of aliphatic imine (C=N–C) groups is 1. The van der Waals surface area contributed by atoms with E-state index in [2.05, 4.69) is 62.9 Å². The van der Waals surface area contributed by atoms with E-state index in [4.69, 9.17) is 4.74 Å². The third-order valence-corrected chi connectivity index (χ3v) is 5.96. The second-order valence-corrected chi connectivity index (χ2v) is 8.29. The molecule has 2 N–H and O–H groups in total. The number of hydrogen-bond donors (Lipinski definition) is 2. The number of likely N-dealkylation sites (N-methyl/N-ethyl adjacent to an activating group) is 1. The monoisotopic (exact) mass is 555 g/mol. The van der Waals surface area contributed by atoms with Crippen molar-refractivity contribution in [2.75, 3.05) is 54.4 Å². The van der Waals surface area contributed by atoms with E-state index in [-0.39, 0.29) is 30.0 Å². The highest BCUT2D eigenvalue weighted by Gasteiger charge is 2.24. The second-order valence-electron chi connectivity index (χ2n) is 8.29. The summed E-state index contributed by atoms with van der Waals surface area (Å²) in [5, 5.41) is 11.4. The summed E-state index contributed by atoms with van der Waals surface area (Å²) in [7, 11) is 9.64. The van der Waals surface area contributed by atoms with E-state index in [1.54, 1.807) is 7.11 Å². The van der Waals surface area contributed by atoms with Crippen LogP contribution in [0.1, 0.15) is 36.1 Å². The highest BCUT2D eigenvalue weighted by atomic mass is 127. The van der Waals surface area contributed by atoms with Crippen molar-refractivity contribution >= 4 is 29.9 Å². The number of likely N-dealkylation sites (tertiary alicyclic amines) is 1. The largest absolute Gasteiger partial charge is 0.497 e. The van der Waals surface area contributed by atoms with Crippen LogP contribution in [-0.2, 0) is 7.05 Å². The molecular weight excluding hydrogens is 517 g/mol. The van der Waals surface area contributed by atoms with E-state index in [1.807, 2.05) is 37.1 Å². The molecule has 1 aliphatic rings. The molecule has 1 aromatic carbocycles. The molecule has 2 heterocycles. The van der Waals surface area contributed by atoms with Crippen LogP contribution in [0.2, 0.25) is 0 Å². The lowest BCUT2D eigenvalue weighted by Gasteiger charge is -2.29. The third kappa shape index (κ3) is 7.08. The Bertz CT molecular complexity index is 831. The Labute approximate surface area is 209 Å². The summed E-state index contributed by atoms with van der Waals surface area (Å²) in [6.07, 6.45) is 6.51. The maximum absolute atomic E-state index is 5.33. The molecule has 2 aromatic rings. The summed E-state index contributed by atoms with van der Waals surface area (Å²) in [4.78, 5) is 9.21. The van der Waals surface area contributed by atoms with Gasteiger partial charge in [-0.25, -0.2) is 0 Å². The molecule has 0 radical (unpaired) electrons. The zero-order valence-electron chi connectivity index (χ0n) is 19.9. The van der Waals surface area contributed by atoms with Gasteiger partial charge >= 0.3 is 0 Å². The van der Waals surface area contributed by atoms with E-state index in [0.717, 1.165) is 37.9 Å². The average Bonchev–Trinajstić information content (AvgIpc) is 3.45. The number of hydrogen-bond acceptors (Lipinski definition) is 5. The number of ether oxygens (including phenoxy) is 1. The number of aryl methyl sites for hydroxylation is 1. The third-order valence-electron chi connectivity index (χ3n) is 5.96. The molecular formula is C23H38IN7O. The van der Waals surface area contributed by atoms with E-state index in [0.29, 0.717) is 6.04 Å². The first kappa shape index (κ1) is 26.4. The van der Waals surface area contributed by atoms with Crippen LogP contribution in [-0.4, -0.2) is 80.0 Å². The molecule has 9 heteroatoms. The molecule has 1 fully saturated rings. The predicted octanol–water partition coefficient (Wildman–Crippen LogP) is 2.65. The van der Waals surface area contributed by atoms with Crippen LogP contribution in [0.5, 0.6) is 5.75 Å². The van der Waals surface area contributed by atoms with Crippen molar-refractivity contribution in [1.29, 1.82) is 0 Å². The Hall–Kier alpha value is -1.85. The average molecular weight is 556 g/mol. The molecule has 1 aromatic heterocycles. The van der Waals surface area contributed by atoms with Crippen LogP contribution in [0.25, 0.3) is 0 Å². The summed E-state index contributed by atoms with van der Waals surface area (Å²) < 4.78 is 7.17. The predicted molar refractivity (Wildman–Crippen MR) is 141 cm³/mol. The van der Waals surface area contributed by atoms with Gasteiger partial charge in [0.1, 0.15) is 5.75 Å². The number of rotatable bonds is 9. The summed E-state index contributed by atoms with van der Waals surface area (Å²) >= 11 is 0. The van der Waals surface area contributed by atoms with E-state index < -0.39 is 0 Å². The molecule has 0 amide bonds. The molecule has 8 nitrogen and oxygen atoms in total. The van der Waals surface area contributed by atoms with Gasteiger partial charge < -0.3 is 20.3 Å². The molecule has 178 valence electrons. The number of methoxy groups -OCH3 is 1. The maximum Gasteiger partial charge on any atom is 0.191 e. The minimum Gasteiger partial charge on any atom is -0.497 e. The number of halogens is 1. The van der Waals surface area contributed by atoms with Gasteiger partial charge in [0.2, 0.25) is 0 Å². The Morgan fingerprint density at radius 1 is 1.12 bits per heavy atom. The first-order valence-electron chi connectivity index (χ1n) is 11.0. The van der Waals surface area contributed by atoms with Gasteiger partial charge in [0.15, 0.2) is 5.96 Å². The fraction of sp³-hybridized carbons (Fsp3) is 0.565. The minimum absolute atomic E-state index is 0. The van der Waals surface area contributed by atoms with Gasteiger partial charge in [0, 0.05) is 38.9 Å². The number of benzene rings is 1. The van der Waals surface area contributed by atoms with Gasteiger partial charge in [0.05, 0.1) is 25.4 Å². The summed E-state index contributed by atoms with van der Waals surface area (Å²) in [5.74, 6) is 1.70. The topological polar surface area (TPSA) is 70.0 Å². The molecule has 0 saturated carbocycles. The number of aromatic nitrogens is 2. The first-order valence-corrected chi connectivity index (χ1v) is 11.0. The van der Waals surface area contributed by atoms with Crippen LogP contribution in [0.15, 0.2) is 41.7 Å². The molecule has 0 spiro atoms. The van der Waals surface area contributed by atoms with Crippen molar-refractivity contribution in [2.45, 2.75) is 24.9 Å². The zero-order valence-corrected chi connectivity index (χ0v) is 22.2. The molecule has 2 unspecified atom stereocenters. The Kier molecular flexibility index (Phi) is 10.7. The lowest BCUT2D eigenvalue weighted by atomic mass is 10.1. The number of guanidine groups is 1. The lowest BCUT2D eigenvalue weighted by molar-refractivity contribution is 0.245. The van der Waals surface area contributed by atoms with Crippen molar-refractivity contribution in [3.8, 4) is 5.75 Å². The van der Waals surface area contributed by atoms with Crippen molar-refractivity contribution in [1.82, 2.24) is 30.2 Å². The molecule has 1 saturated heterocycles. The maximum atomic E-state index is 5.33. The van der Waals surface area contributed by atoms with Crippen LogP contribution < -0.4 is 15.4 Å². The van der Waals surface area contributed by atoms with Crippen LogP contribution in [0.3, 0.4) is 0 Å². The molecule has 0 aliphatic carbocycles. The number of nitrogens with one attached hydrogen (secondary N) is 2. The Morgan fingerprint density at radius 3 is 2.31 bits per heavy atom. The first-order chi connectivity index (χ1) is 15.0. The van der Waals surface area contributed by atoms with Gasteiger partial charge in [-0.15, -0.1) is 24.0 Å². The fourth-order valence-corrected chi connectivity index (χ4v) is 4.16. The quantitative estimate of drug-likeness (QED) is 0.282. The number of nitrogens with zero attached hydrogens (tertiary/aromatic N) is 5. The molecule has 2 atom stereocenters. The van der Waals surface area contributed by atoms with Crippen molar-refractivity contribution in [3.05, 3.63) is 47.8 Å². The fourth-order valence-electron chi connectivity index (χ4n) is 4.16.